The fourth-order valence-electron chi connectivity index (χ4n) is 2.17. The smallest absolute Gasteiger partial charge is 0.233 e. The molecule has 1 fully saturated rings. The van der Waals surface area contributed by atoms with Crippen molar-refractivity contribution in [3.05, 3.63) is 18.5 Å². The summed E-state index contributed by atoms with van der Waals surface area (Å²) in [6, 6.07) is 1.79. The van der Waals surface area contributed by atoms with Crippen molar-refractivity contribution >= 4 is 23.6 Å². The Balaban J connectivity index is 1.49. The van der Waals surface area contributed by atoms with Gasteiger partial charge in [-0.2, -0.15) is 0 Å². The van der Waals surface area contributed by atoms with Gasteiger partial charge in [-0.1, -0.05) is 11.8 Å². The van der Waals surface area contributed by atoms with Crippen molar-refractivity contribution in [2.24, 2.45) is 7.05 Å². The van der Waals surface area contributed by atoms with Gasteiger partial charge in [-0.3, -0.25) is 4.79 Å². The van der Waals surface area contributed by atoms with E-state index in [1.54, 1.807) is 30.2 Å². The lowest BCUT2D eigenvalue weighted by Crippen LogP contribution is -2.49. The van der Waals surface area contributed by atoms with Crippen molar-refractivity contribution < 1.29 is 4.79 Å². The topological polar surface area (TPSA) is 92.9 Å². The molecule has 0 atom stereocenters. The van der Waals surface area contributed by atoms with Crippen LogP contribution in [-0.2, 0) is 11.8 Å². The van der Waals surface area contributed by atoms with E-state index in [0.717, 1.165) is 13.1 Å². The van der Waals surface area contributed by atoms with E-state index in [0.29, 0.717) is 29.9 Å². The number of piperazine rings is 1. The number of thioether (sulfide) groups is 1. The lowest BCUT2D eigenvalue weighted by Gasteiger charge is -2.34. The molecule has 0 N–H and O–H groups in total. The van der Waals surface area contributed by atoms with Crippen molar-refractivity contribution in [2.45, 2.75) is 5.16 Å². The molecule has 0 aliphatic carbocycles. The van der Waals surface area contributed by atoms with Crippen LogP contribution in [0.5, 0.6) is 0 Å². The molecule has 0 bridgehead atoms. The van der Waals surface area contributed by atoms with Gasteiger partial charge in [0, 0.05) is 45.6 Å². The molecule has 1 saturated heterocycles. The molecule has 2 aromatic heterocycles. The lowest BCUT2D eigenvalue weighted by atomic mass is 10.3. The largest absolute Gasteiger partial charge is 0.338 e. The highest BCUT2D eigenvalue weighted by Crippen LogP contribution is 2.15. The minimum Gasteiger partial charge on any atom is -0.338 e. The number of carbonyl (C=O) groups excluding carboxylic acids is 1. The van der Waals surface area contributed by atoms with Gasteiger partial charge >= 0.3 is 0 Å². The van der Waals surface area contributed by atoms with Crippen molar-refractivity contribution in [2.75, 3.05) is 36.8 Å². The molecule has 0 aromatic carbocycles. The Morgan fingerprint density at radius 2 is 1.95 bits per heavy atom. The van der Waals surface area contributed by atoms with Gasteiger partial charge in [-0.15, -0.1) is 5.10 Å². The van der Waals surface area contributed by atoms with Crippen LogP contribution in [-0.4, -0.2) is 72.9 Å². The summed E-state index contributed by atoms with van der Waals surface area (Å²) in [6.45, 7) is 2.83. The van der Waals surface area contributed by atoms with E-state index in [9.17, 15) is 4.79 Å². The normalized spacial score (nSPS) is 15.1. The second kappa shape index (κ2) is 6.69. The maximum Gasteiger partial charge on any atom is 0.233 e. The fraction of sp³-hybridized carbons (Fsp3) is 0.500. The molecule has 1 aliphatic rings. The van der Waals surface area contributed by atoms with E-state index in [1.165, 1.54) is 11.8 Å². The van der Waals surface area contributed by atoms with E-state index in [-0.39, 0.29) is 5.91 Å². The van der Waals surface area contributed by atoms with Crippen LogP contribution in [0.25, 0.3) is 0 Å². The summed E-state index contributed by atoms with van der Waals surface area (Å²) in [5.74, 6) is 1.16. The Labute approximate surface area is 131 Å². The van der Waals surface area contributed by atoms with Crippen LogP contribution in [0.4, 0.5) is 5.95 Å². The quantitative estimate of drug-likeness (QED) is 0.692. The molecule has 3 rings (SSSR count). The Bertz CT molecular complexity index is 625. The first-order chi connectivity index (χ1) is 10.7. The summed E-state index contributed by atoms with van der Waals surface area (Å²) in [6.07, 6.45) is 3.46. The standard InChI is InChI=1S/C12H16N8OS/c1-18-12(15-16-17-18)22-9-10(21)19-5-7-20(8-6-19)11-13-3-2-4-14-11/h2-4H,5-9H2,1H3. The Morgan fingerprint density at radius 1 is 1.23 bits per heavy atom. The zero-order chi connectivity index (χ0) is 15.4. The lowest BCUT2D eigenvalue weighted by molar-refractivity contribution is -0.128. The third kappa shape index (κ3) is 3.32. The molecule has 22 heavy (non-hydrogen) atoms. The van der Waals surface area contributed by atoms with E-state index < -0.39 is 0 Å². The number of aromatic nitrogens is 6. The summed E-state index contributed by atoms with van der Waals surface area (Å²) in [5.41, 5.74) is 0. The summed E-state index contributed by atoms with van der Waals surface area (Å²) in [7, 11) is 1.76. The van der Waals surface area contributed by atoms with Crippen LogP contribution in [0.2, 0.25) is 0 Å². The molecule has 9 nitrogen and oxygen atoms in total. The van der Waals surface area contributed by atoms with Crippen LogP contribution in [0.3, 0.4) is 0 Å². The van der Waals surface area contributed by atoms with Gasteiger partial charge in [0.15, 0.2) is 0 Å². The second-order valence-corrected chi connectivity index (χ2v) is 5.73. The first-order valence-corrected chi connectivity index (χ1v) is 7.87. The number of hydrogen-bond acceptors (Lipinski definition) is 8. The minimum absolute atomic E-state index is 0.0987. The molecule has 3 heterocycles. The number of hydrogen-bond donors (Lipinski definition) is 0. The second-order valence-electron chi connectivity index (χ2n) is 4.79. The van der Waals surface area contributed by atoms with Gasteiger partial charge in [0.1, 0.15) is 0 Å². The van der Waals surface area contributed by atoms with Crippen molar-refractivity contribution in [1.82, 2.24) is 35.1 Å². The van der Waals surface area contributed by atoms with Gasteiger partial charge in [-0.25, -0.2) is 14.6 Å². The monoisotopic (exact) mass is 320 g/mol. The predicted octanol–water partition coefficient (Wildman–Crippen LogP) is -0.559. The van der Waals surface area contributed by atoms with E-state index in [2.05, 4.69) is 30.4 Å². The molecular weight excluding hydrogens is 304 g/mol. The zero-order valence-corrected chi connectivity index (χ0v) is 13.0. The minimum atomic E-state index is 0.0987. The highest BCUT2D eigenvalue weighted by atomic mass is 32.2. The Kier molecular flexibility index (Phi) is 4.47. The van der Waals surface area contributed by atoms with Crippen LogP contribution < -0.4 is 4.90 Å². The van der Waals surface area contributed by atoms with Gasteiger partial charge in [-0.05, 0) is 16.5 Å². The van der Waals surface area contributed by atoms with Crippen LogP contribution in [0.15, 0.2) is 23.6 Å². The number of amides is 1. The Hall–Kier alpha value is -2.23. The average Bonchev–Trinajstić information content (AvgIpc) is 2.99. The average molecular weight is 320 g/mol. The summed E-state index contributed by atoms with van der Waals surface area (Å²) >= 11 is 1.35. The van der Waals surface area contributed by atoms with Gasteiger partial charge in [0.2, 0.25) is 17.0 Å². The summed E-state index contributed by atoms with van der Waals surface area (Å²) < 4.78 is 1.56. The number of nitrogens with zero attached hydrogens (tertiary/aromatic N) is 8. The maximum absolute atomic E-state index is 12.2. The third-order valence-electron chi connectivity index (χ3n) is 3.37. The number of rotatable bonds is 4. The molecule has 0 unspecified atom stereocenters. The SMILES string of the molecule is Cn1nnnc1SCC(=O)N1CCN(c2ncccn2)CC1. The molecule has 0 saturated carbocycles. The van der Waals surface area contributed by atoms with E-state index in [4.69, 9.17) is 0 Å². The molecule has 1 aliphatic heterocycles. The first kappa shape index (κ1) is 14.7. The molecular formula is C12H16N8OS. The van der Waals surface area contributed by atoms with Crippen molar-refractivity contribution in [3.8, 4) is 0 Å². The number of aryl methyl sites for hydroxylation is 1. The van der Waals surface area contributed by atoms with Crippen molar-refractivity contribution in [1.29, 1.82) is 0 Å². The van der Waals surface area contributed by atoms with Crippen LogP contribution >= 0.6 is 11.8 Å². The predicted molar refractivity (Wildman–Crippen MR) is 80.3 cm³/mol. The summed E-state index contributed by atoms with van der Waals surface area (Å²) in [5, 5.41) is 11.8. The van der Waals surface area contributed by atoms with Gasteiger partial charge < -0.3 is 9.80 Å². The maximum atomic E-state index is 12.2. The van der Waals surface area contributed by atoms with Crippen molar-refractivity contribution in [3.63, 3.8) is 0 Å². The zero-order valence-electron chi connectivity index (χ0n) is 12.2. The fourth-order valence-corrected chi connectivity index (χ4v) is 2.92. The number of carbonyl (C=O) groups is 1. The molecule has 0 radical (unpaired) electrons. The first-order valence-electron chi connectivity index (χ1n) is 6.89. The Morgan fingerprint density at radius 3 is 2.59 bits per heavy atom. The van der Waals surface area contributed by atoms with Crippen LogP contribution in [0, 0.1) is 0 Å². The highest BCUT2D eigenvalue weighted by molar-refractivity contribution is 7.99. The summed E-state index contributed by atoms with van der Waals surface area (Å²) in [4.78, 5) is 24.6. The van der Waals surface area contributed by atoms with Crippen LogP contribution in [0.1, 0.15) is 0 Å². The van der Waals surface area contributed by atoms with Gasteiger partial charge in [0.05, 0.1) is 5.75 Å². The van der Waals surface area contributed by atoms with Gasteiger partial charge in [0.25, 0.3) is 0 Å². The molecule has 116 valence electrons. The number of anilines is 1. The molecule has 2 aromatic rings. The molecule has 0 spiro atoms. The third-order valence-corrected chi connectivity index (χ3v) is 4.37. The molecule has 1 amide bonds. The van der Waals surface area contributed by atoms with E-state index >= 15 is 0 Å². The highest BCUT2D eigenvalue weighted by Gasteiger charge is 2.22. The van der Waals surface area contributed by atoms with E-state index in [1.807, 2.05) is 4.90 Å². The molecule has 10 heteroatoms. The number of tetrazole rings is 1.